The molecule has 1 aromatic rings. The third-order valence-corrected chi connectivity index (χ3v) is 1.37. The van der Waals surface area contributed by atoms with Gasteiger partial charge in [-0.15, -0.1) is 0 Å². The van der Waals surface area contributed by atoms with Crippen LogP contribution >= 0.6 is 0 Å². The molecule has 66 valence electrons. The smallest absolute Gasteiger partial charge is 0.291 e. The number of nitrogens with zero attached hydrogens (tertiary/aromatic N) is 3. The fourth-order valence-corrected chi connectivity index (χ4v) is 0.774. The molecule has 0 saturated heterocycles. The Balaban J connectivity index is 3.23. The van der Waals surface area contributed by atoms with Crippen LogP contribution in [0.25, 0.3) is 0 Å². The average molecular weight is 179 g/mol. The van der Waals surface area contributed by atoms with E-state index >= 15 is 0 Å². The van der Waals surface area contributed by atoms with Crippen LogP contribution in [0, 0.1) is 21.4 Å². The molecule has 0 radical (unpaired) electrons. The summed E-state index contributed by atoms with van der Waals surface area (Å²) in [6.45, 7) is 0. The van der Waals surface area contributed by atoms with E-state index < -0.39 is 4.92 Å². The minimum atomic E-state index is -0.601. The molecule has 1 aromatic heterocycles. The highest BCUT2D eigenvalue weighted by molar-refractivity contribution is 5.44. The van der Waals surface area contributed by atoms with E-state index in [4.69, 9.17) is 10.00 Å². The number of aromatic nitrogens is 1. The molecule has 0 N–H and O–H groups in total. The van der Waals surface area contributed by atoms with Gasteiger partial charge in [0.15, 0.2) is 11.4 Å². The van der Waals surface area contributed by atoms with Gasteiger partial charge < -0.3 is 4.74 Å². The Morgan fingerprint density at radius 3 is 2.92 bits per heavy atom. The summed E-state index contributed by atoms with van der Waals surface area (Å²) >= 11 is 0. The molecule has 6 heteroatoms. The molecule has 0 aromatic carbocycles. The van der Waals surface area contributed by atoms with Gasteiger partial charge in [0.1, 0.15) is 12.3 Å². The van der Waals surface area contributed by atoms with Crippen molar-refractivity contribution in [2.24, 2.45) is 0 Å². The molecule has 0 amide bonds. The Bertz CT molecular complexity index is 383. The molecular weight excluding hydrogens is 174 g/mol. The third kappa shape index (κ3) is 1.70. The van der Waals surface area contributed by atoms with E-state index in [2.05, 4.69) is 4.98 Å². The lowest BCUT2D eigenvalue weighted by atomic mass is 10.3. The monoisotopic (exact) mass is 179 g/mol. The van der Waals surface area contributed by atoms with Crippen LogP contribution < -0.4 is 4.74 Å². The lowest BCUT2D eigenvalue weighted by Crippen LogP contribution is -1.95. The molecule has 0 spiro atoms. The minimum absolute atomic E-state index is 0.0353. The molecule has 0 unspecified atom stereocenters. The molecule has 1 heterocycles. The first kappa shape index (κ1) is 8.93. The number of ether oxygens (including phenoxy) is 1. The summed E-state index contributed by atoms with van der Waals surface area (Å²) < 4.78 is 4.74. The number of rotatable bonds is 2. The second-order valence-electron chi connectivity index (χ2n) is 2.11. The summed E-state index contributed by atoms with van der Waals surface area (Å²) in [5.74, 6) is 0.108. The summed E-state index contributed by atoms with van der Waals surface area (Å²) in [5.41, 5.74) is -0.163. The number of methoxy groups -OCH3 is 1. The summed E-state index contributed by atoms with van der Waals surface area (Å²) in [5, 5.41) is 18.8. The quantitative estimate of drug-likeness (QED) is 0.496. The van der Waals surface area contributed by atoms with Crippen molar-refractivity contribution >= 4 is 5.69 Å². The van der Waals surface area contributed by atoms with Crippen LogP contribution in [0.15, 0.2) is 12.3 Å². The lowest BCUT2D eigenvalue weighted by molar-refractivity contribution is -0.385. The van der Waals surface area contributed by atoms with Gasteiger partial charge in [0.25, 0.3) is 5.69 Å². The van der Waals surface area contributed by atoms with Crippen molar-refractivity contribution < 1.29 is 9.66 Å². The Morgan fingerprint density at radius 1 is 1.77 bits per heavy atom. The maximum atomic E-state index is 10.3. The molecule has 0 aliphatic carbocycles. The van der Waals surface area contributed by atoms with Crippen molar-refractivity contribution in [1.29, 1.82) is 5.26 Å². The standard InChI is InChI=1S/C7H5N3O3/c1-13-7-2-5(10(11)12)4-9-6(7)3-8/h2,4H,1H3. The number of hydrogen-bond donors (Lipinski definition) is 0. The summed E-state index contributed by atoms with van der Waals surface area (Å²) in [4.78, 5) is 13.3. The number of nitriles is 1. The van der Waals surface area contributed by atoms with Gasteiger partial charge in [0.2, 0.25) is 0 Å². The molecule has 0 fully saturated rings. The first-order valence-corrected chi connectivity index (χ1v) is 3.27. The Labute approximate surface area is 73.5 Å². The van der Waals surface area contributed by atoms with E-state index in [0.717, 1.165) is 12.3 Å². The first-order valence-electron chi connectivity index (χ1n) is 3.27. The highest BCUT2D eigenvalue weighted by Crippen LogP contribution is 2.20. The molecule has 0 saturated carbocycles. The molecule has 0 atom stereocenters. The zero-order valence-corrected chi connectivity index (χ0v) is 6.72. The van der Waals surface area contributed by atoms with Gasteiger partial charge in [-0.25, -0.2) is 4.98 Å². The van der Waals surface area contributed by atoms with Crippen molar-refractivity contribution in [3.05, 3.63) is 28.1 Å². The molecule has 13 heavy (non-hydrogen) atoms. The van der Waals surface area contributed by atoms with Crippen molar-refractivity contribution in [2.75, 3.05) is 7.11 Å². The van der Waals surface area contributed by atoms with Gasteiger partial charge in [-0.1, -0.05) is 0 Å². The molecule has 0 aliphatic rings. The fourth-order valence-electron chi connectivity index (χ4n) is 0.774. The third-order valence-electron chi connectivity index (χ3n) is 1.37. The maximum Gasteiger partial charge on any atom is 0.291 e. The minimum Gasteiger partial charge on any atom is -0.493 e. The van der Waals surface area contributed by atoms with Crippen LogP contribution in [0.2, 0.25) is 0 Å². The SMILES string of the molecule is COc1cc([N+](=O)[O-])cnc1C#N. The maximum absolute atomic E-state index is 10.3. The largest absolute Gasteiger partial charge is 0.493 e. The molecule has 6 nitrogen and oxygen atoms in total. The lowest BCUT2D eigenvalue weighted by Gasteiger charge is -1.99. The molecule has 0 bridgehead atoms. The Hall–Kier alpha value is -2.16. The van der Waals surface area contributed by atoms with Crippen molar-refractivity contribution in [3.8, 4) is 11.8 Å². The molecule has 0 aliphatic heterocycles. The van der Waals surface area contributed by atoms with E-state index in [0.29, 0.717) is 0 Å². The summed E-state index contributed by atoms with van der Waals surface area (Å²) in [6.07, 6.45) is 1.01. The van der Waals surface area contributed by atoms with Crippen LogP contribution in [-0.4, -0.2) is 17.0 Å². The van der Waals surface area contributed by atoms with Gasteiger partial charge in [-0.05, 0) is 0 Å². The van der Waals surface area contributed by atoms with E-state index in [1.54, 1.807) is 6.07 Å². The summed E-state index contributed by atoms with van der Waals surface area (Å²) in [6, 6.07) is 2.91. The van der Waals surface area contributed by atoms with E-state index in [1.807, 2.05) is 0 Å². The van der Waals surface area contributed by atoms with E-state index in [-0.39, 0.29) is 17.1 Å². The van der Waals surface area contributed by atoms with Crippen LogP contribution in [0.5, 0.6) is 5.75 Å². The second-order valence-corrected chi connectivity index (χ2v) is 2.11. The van der Waals surface area contributed by atoms with Gasteiger partial charge in [-0.3, -0.25) is 10.1 Å². The van der Waals surface area contributed by atoms with Crippen LogP contribution in [0.1, 0.15) is 5.69 Å². The van der Waals surface area contributed by atoms with E-state index in [9.17, 15) is 10.1 Å². The van der Waals surface area contributed by atoms with Crippen LogP contribution in [0.3, 0.4) is 0 Å². The Kier molecular flexibility index (Phi) is 2.40. The number of nitro groups is 1. The van der Waals surface area contributed by atoms with Gasteiger partial charge in [0.05, 0.1) is 18.1 Å². The fraction of sp³-hybridized carbons (Fsp3) is 0.143. The van der Waals surface area contributed by atoms with Gasteiger partial charge >= 0.3 is 0 Å². The topological polar surface area (TPSA) is 89.1 Å². The molecular formula is C7H5N3O3. The normalized spacial score (nSPS) is 8.92. The predicted octanol–water partition coefficient (Wildman–Crippen LogP) is 0.870. The van der Waals surface area contributed by atoms with Crippen molar-refractivity contribution in [2.45, 2.75) is 0 Å². The van der Waals surface area contributed by atoms with Crippen molar-refractivity contribution in [3.63, 3.8) is 0 Å². The van der Waals surface area contributed by atoms with Crippen LogP contribution in [-0.2, 0) is 0 Å². The zero-order valence-electron chi connectivity index (χ0n) is 6.72. The highest BCUT2D eigenvalue weighted by Gasteiger charge is 2.11. The number of pyridine rings is 1. The predicted molar refractivity (Wildman–Crippen MR) is 42.2 cm³/mol. The number of hydrogen-bond acceptors (Lipinski definition) is 5. The van der Waals surface area contributed by atoms with E-state index in [1.165, 1.54) is 7.11 Å². The van der Waals surface area contributed by atoms with Crippen molar-refractivity contribution in [1.82, 2.24) is 4.98 Å². The average Bonchev–Trinajstić information content (AvgIpc) is 2.16. The zero-order chi connectivity index (χ0) is 9.84. The first-order chi connectivity index (χ1) is 6.19. The Morgan fingerprint density at radius 2 is 2.46 bits per heavy atom. The van der Waals surface area contributed by atoms with Crippen LogP contribution in [0.4, 0.5) is 5.69 Å². The highest BCUT2D eigenvalue weighted by atomic mass is 16.6. The van der Waals surface area contributed by atoms with Gasteiger partial charge in [0, 0.05) is 0 Å². The molecule has 1 rings (SSSR count). The second kappa shape index (κ2) is 3.49. The van der Waals surface area contributed by atoms with Gasteiger partial charge in [-0.2, -0.15) is 5.26 Å². The summed E-state index contributed by atoms with van der Waals surface area (Å²) in [7, 11) is 1.32.